The molecule has 0 saturated heterocycles. The van der Waals surface area contributed by atoms with Crippen LogP contribution in [0.2, 0.25) is 5.02 Å². The van der Waals surface area contributed by atoms with Crippen LogP contribution < -0.4 is 8.92 Å². The first-order chi connectivity index (χ1) is 11.0. The fourth-order valence-corrected chi connectivity index (χ4v) is 3.54. The first-order valence-electron chi connectivity index (χ1n) is 6.63. The van der Waals surface area contributed by atoms with Gasteiger partial charge in [0.2, 0.25) is 0 Å². The van der Waals surface area contributed by atoms with Gasteiger partial charge in [0.1, 0.15) is 16.2 Å². The third-order valence-electron chi connectivity index (χ3n) is 3.20. The normalized spacial score (nSPS) is 11.4. The van der Waals surface area contributed by atoms with Crippen molar-refractivity contribution in [3.05, 3.63) is 59.8 Å². The van der Waals surface area contributed by atoms with Gasteiger partial charge in [-0.2, -0.15) is 8.42 Å². The summed E-state index contributed by atoms with van der Waals surface area (Å²) in [5, 5.41) is 0.830. The molecule has 0 spiro atoms. The van der Waals surface area contributed by atoms with E-state index in [9.17, 15) is 8.42 Å². The molecule has 0 radical (unpaired) electrons. The molecule has 5 nitrogen and oxygen atoms in total. The predicted molar refractivity (Wildman–Crippen MR) is 87.6 cm³/mol. The molecular weight excluding hydrogens is 338 g/mol. The molecule has 1 aromatic heterocycles. The second-order valence-electron chi connectivity index (χ2n) is 4.67. The molecular formula is C16H12ClNO4S. The van der Waals surface area contributed by atoms with E-state index in [0.29, 0.717) is 11.3 Å². The standard InChI is InChI=1S/C16H12ClNO4S/c1-21-12-7-8-13(17)15(10-12)23(19,20)22-14-6-2-4-11-5-3-9-18-16(11)14/h2-10H,1H3. The lowest BCUT2D eigenvalue weighted by Crippen LogP contribution is -2.11. The molecule has 0 unspecified atom stereocenters. The molecule has 0 aliphatic carbocycles. The number of aromatic nitrogens is 1. The highest BCUT2D eigenvalue weighted by atomic mass is 35.5. The van der Waals surface area contributed by atoms with Crippen molar-refractivity contribution in [1.29, 1.82) is 0 Å². The van der Waals surface area contributed by atoms with E-state index in [1.165, 1.54) is 19.2 Å². The van der Waals surface area contributed by atoms with Crippen molar-refractivity contribution in [2.75, 3.05) is 7.11 Å². The number of rotatable bonds is 4. The van der Waals surface area contributed by atoms with Crippen LogP contribution in [-0.4, -0.2) is 20.5 Å². The van der Waals surface area contributed by atoms with Crippen LogP contribution in [0.3, 0.4) is 0 Å². The molecule has 0 fully saturated rings. The zero-order valence-electron chi connectivity index (χ0n) is 12.1. The van der Waals surface area contributed by atoms with Crippen molar-refractivity contribution in [1.82, 2.24) is 4.98 Å². The average Bonchev–Trinajstić information content (AvgIpc) is 2.55. The Morgan fingerprint density at radius 2 is 1.87 bits per heavy atom. The molecule has 118 valence electrons. The highest BCUT2D eigenvalue weighted by Crippen LogP contribution is 2.31. The number of fused-ring (bicyclic) bond motifs is 1. The van der Waals surface area contributed by atoms with E-state index >= 15 is 0 Å². The van der Waals surface area contributed by atoms with E-state index < -0.39 is 10.1 Å². The number of methoxy groups -OCH3 is 1. The van der Waals surface area contributed by atoms with Gasteiger partial charge in [-0.25, -0.2) is 0 Å². The number of hydrogen-bond acceptors (Lipinski definition) is 5. The maximum absolute atomic E-state index is 12.5. The van der Waals surface area contributed by atoms with Crippen molar-refractivity contribution < 1.29 is 17.3 Å². The van der Waals surface area contributed by atoms with Gasteiger partial charge in [0.25, 0.3) is 0 Å². The van der Waals surface area contributed by atoms with E-state index in [1.807, 2.05) is 12.1 Å². The molecule has 0 saturated carbocycles. The van der Waals surface area contributed by atoms with Crippen LogP contribution in [0.5, 0.6) is 11.5 Å². The smallest absolute Gasteiger partial charge is 0.340 e. The van der Waals surface area contributed by atoms with Gasteiger partial charge in [-0.3, -0.25) is 4.98 Å². The van der Waals surface area contributed by atoms with Gasteiger partial charge in [-0.15, -0.1) is 0 Å². The molecule has 0 N–H and O–H groups in total. The molecule has 3 rings (SSSR count). The first kappa shape index (κ1) is 15.6. The van der Waals surface area contributed by atoms with E-state index in [2.05, 4.69) is 4.98 Å². The summed E-state index contributed by atoms with van der Waals surface area (Å²) >= 11 is 5.99. The Kier molecular flexibility index (Phi) is 4.11. The van der Waals surface area contributed by atoms with Crippen molar-refractivity contribution >= 4 is 32.6 Å². The minimum absolute atomic E-state index is 0.0546. The summed E-state index contributed by atoms with van der Waals surface area (Å²) in [7, 11) is -2.68. The Balaban J connectivity index is 2.07. The van der Waals surface area contributed by atoms with Gasteiger partial charge in [0.15, 0.2) is 5.75 Å². The van der Waals surface area contributed by atoms with Gasteiger partial charge in [-0.1, -0.05) is 29.8 Å². The van der Waals surface area contributed by atoms with Gasteiger partial charge < -0.3 is 8.92 Å². The number of nitrogens with zero attached hydrogens (tertiary/aromatic N) is 1. The van der Waals surface area contributed by atoms with Gasteiger partial charge in [-0.05, 0) is 24.3 Å². The zero-order valence-corrected chi connectivity index (χ0v) is 13.6. The van der Waals surface area contributed by atoms with Crippen molar-refractivity contribution in [2.24, 2.45) is 0 Å². The van der Waals surface area contributed by atoms with Crippen LogP contribution in [0.1, 0.15) is 0 Å². The topological polar surface area (TPSA) is 65.5 Å². The van der Waals surface area contributed by atoms with E-state index in [1.54, 1.807) is 30.5 Å². The van der Waals surface area contributed by atoms with Crippen molar-refractivity contribution in [3.63, 3.8) is 0 Å². The van der Waals surface area contributed by atoms with Crippen LogP contribution in [-0.2, 0) is 10.1 Å². The lowest BCUT2D eigenvalue weighted by atomic mass is 10.2. The molecule has 23 heavy (non-hydrogen) atoms. The third-order valence-corrected chi connectivity index (χ3v) is 4.92. The van der Waals surface area contributed by atoms with E-state index in [-0.39, 0.29) is 15.7 Å². The Labute approximate surface area is 138 Å². The van der Waals surface area contributed by atoms with E-state index in [4.69, 9.17) is 20.5 Å². The van der Waals surface area contributed by atoms with E-state index in [0.717, 1.165) is 5.39 Å². The highest BCUT2D eigenvalue weighted by Gasteiger charge is 2.22. The number of benzene rings is 2. The first-order valence-corrected chi connectivity index (χ1v) is 8.42. The monoisotopic (exact) mass is 349 g/mol. The average molecular weight is 350 g/mol. The molecule has 0 aliphatic rings. The highest BCUT2D eigenvalue weighted by molar-refractivity contribution is 7.87. The predicted octanol–water partition coefficient (Wildman–Crippen LogP) is 3.66. The molecule has 0 aliphatic heterocycles. The maximum Gasteiger partial charge on any atom is 0.340 e. The Morgan fingerprint density at radius 1 is 1.09 bits per heavy atom. The maximum atomic E-state index is 12.5. The SMILES string of the molecule is COc1ccc(Cl)c(S(=O)(=O)Oc2cccc3cccnc23)c1. The third kappa shape index (κ3) is 3.09. The van der Waals surface area contributed by atoms with Crippen LogP contribution in [0.25, 0.3) is 10.9 Å². The van der Waals surface area contributed by atoms with Crippen LogP contribution in [0, 0.1) is 0 Å². The summed E-state index contributed by atoms with van der Waals surface area (Å²) in [6, 6.07) is 13.0. The molecule has 0 atom stereocenters. The summed E-state index contributed by atoms with van der Waals surface area (Å²) in [6.07, 6.45) is 1.57. The summed E-state index contributed by atoms with van der Waals surface area (Å²) < 4.78 is 35.4. The molecule has 0 bridgehead atoms. The Morgan fingerprint density at radius 3 is 2.65 bits per heavy atom. The lowest BCUT2D eigenvalue weighted by Gasteiger charge is -2.11. The van der Waals surface area contributed by atoms with Crippen LogP contribution >= 0.6 is 11.6 Å². The molecule has 0 amide bonds. The fourth-order valence-electron chi connectivity index (χ4n) is 2.11. The van der Waals surface area contributed by atoms with Crippen molar-refractivity contribution in [3.8, 4) is 11.5 Å². The quantitative estimate of drug-likeness (QED) is 0.672. The van der Waals surface area contributed by atoms with Crippen molar-refractivity contribution in [2.45, 2.75) is 4.90 Å². The fraction of sp³-hybridized carbons (Fsp3) is 0.0625. The minimum atomic E-state index is -4.12. The molecule has 7 heteroatoms. The number of halogens is 1. The number of para-hydroxylation sites is 1. The number of hydrogen-bond donors (Lipinski definition) is 0. The summed E-state index contributed by atoms with van der Waals surface area (Å²) in [5.41, 5.74) is 0.456. The molecule has 2 aromatic carbocycles. The lowest BCUT2D eigenvalue weighted by molar-refractivity contribution is 0.412. The summed E-state index contributed by atoms with van der Waals surface area (Å²) in [6.45, 7) is 0. The van der Waals surface area contributed by atoms with Crippen LogP contribution in [0.15, 0.2) is 59.6 Å². The summed E-state index contributed by atoms with van der Waals surface area (Å²) in [4.78, 5) is 4.01. The second-order valence-corrected chi connectivity index (χ2v) is 6.59. The van der Waals surface area contributed by atoms with Crippen LogP contribution in [0.4, 0.5) is 0 Å². The molecule has 3 aromatic rings. The number of ether oxygens (including phenoxy) is 1. The van der Waals surface area contributed by atoms with Gasteiger partial charge in [0.05, 0.1) is 12.1 Å². The number of pyridine rings is 1. The second kappa shape index (κ2) is 6.06. The van der Waals surface area contributed by atoms with Gasteiger partial charge in [0, 0.05) is 17.6 Å². The van der Waals surface area contributed by atoms with Gasteiger partial charge >= 0.3 is 10.1 Å². The molecule has 1 heterocycles. The summed E-state index contributed by atoms with van der Waals surface area (Å²) in [5.74, 6) is 0.509. The Hall–Kier alpha value is -2.31. The minimum Gasteiger partial charge on any atom is -0.497 e. The zero-order chi connectivity index (χ0) is 16.4. The largest absolute Gasteiger partial charge is 0.497 e. The Bertz CT molecular complexity index is 967.